The zero-order valence-electron chi connectivity index (χ0n) is 21.6. The number of aryl methyl sites for hydroxylation is 1. The smallest absolute Gasteiger partial charge is 0.245 e. The lowest BCUT2D eigenvalue weighted by Crippen LogP contribution is -2.47. The molecule has 0 spiro atoms. The fourth-order valence-corrected chi connectivity index (χ4v) is 7.92. The van der Waals surface area contributed by atoms with E-state index in [9.17, 15) is 13.2 Å². The largest absolute Gasteiger partial charge is 0.332 e. The van der Waals surface area contributed by atoms with Gasteiger partial charge in [0.15, 0.2) is 0 Å². The van der Waals surface area contributed by atoms with Gasteiger partial charge in [-0.1, -0.05) is 67.8 Å². The van der Waals surface area contributed by atoms with Gasteiger partial charge in [0.2, 0.25) is 15.9 Å². The molecule has 5 rings (SSSR count). The molecule has 6 nitrogen and oxygen atoms in total. The summed E-state index contributed by atoms with van der Waals surface area (Å²) in [5, 5.41) is 2.80. The molecule has 0 bridgehead atoms. The molecule has 8 heteroatoms. The molecule has 0 saturated heterocycles. The molecule has 0 radical (unpaired) electrons. The van der Waals surface area contributed by atoms with Crippen molar-refractivity contribution in [2.75, 3.05) is 6.54 Å². The van der Waals surface area contributed by atoms with Crippen LogP contribution in [0.25, 0.3) is 10.9 Å². The Hall–Kier alpha value is -3.07. The molecule has 1 amide bonds. The number of rotatable bonds is 9. The highest BCUT2D eigenvalue weighted by Crippen LogP contribution is 2.31. The minimum absolute atomic E-state index is 0.165. The molecule has 1 aliphatic rings. The third kappa shape index (κ3) is 5.82. The number of sulfonamides is 1. The number of amides is 1. The van der Waals surface area contributed by atoms with Gasteiger partial charge in [0.05, 0.1) is 18.6 Å². The van der Waals surface area contributed by atoms with Crippen LogP contribution in [0.4, 0.5) is 0 Å². The highest BCUT2D eigenvalue weighted by Gasteiger charge is 2.36. The Kier molecular flexibility index (Phi) is 8.21. The van der Waals surface area contributed by atoms with Crippen LogP contribution in [-0.2, 0) is 27.9 Å². The Bertz CT molecular complexity index is 1490. The van der Waals surface area contributed by atoms with Crippen LogP contribution >= 0.6 is 11.3 Å². The highest BCUT2D eigenvalue weighted by atomic mass is 32.2. The number of aromatic nitrogens is 1. The molecule has 0 unspecified atom stereocenters. The van der Waals surface area contributed by atoms with Gasteiger partial charge in [0.25, 0.3) is 0 Å². The third-order valence-electron chi connectivity index (χ3n) is 7.33. The number of hydrogen-bond acceptors (Lipinski definition) is 5. The molecular weight excluding hydrogens is 514 g/mol. The summed E-state index contributed by atoms with van der Waals surface area (Å²) in [5.41, 5.74) is 2.60. The van der Waals surface area contributed by atoms with Gasteiger partial charge in [-0.15, -0.1) is 11.3 Å². The molecule has 2 heterocycles. The van der Waals surface area contributed by atoms with Gasteiger partial charge in [0, 0.05) is 29.0 Å². The van der Waals surface area contributed by atoms with Gasteiger partial charge < -0.3 is 4.90 Å². The van der Waals surface area contributed by atoms with Gasteiger partial charge in [-0.05, 0) is 54.5 Å². The molecule has 1 aliphatic carbocycles. The Morgan fingerprint density at radius 2 is 1.71 bits per heavy atom. The second-order valence-corrected chi connectivity index (χ2v) is 12.8. The van der Waals surface area contributed by atoms with Crippen molar-refractivity contribution < 1.29 is 13.2 Å². The van der Waals surface area contributed by atoms with Crippen LogP contribution < -0.4 is 0 Å². The Labute approximate surface area is 229 Å². The minimum atomic E-state index is -3.97. The van der Waals surface area contributed by atoms with E-state index < -0.39 is 10.0 Å². The fourth-order valence-electron chi connectivity index (χ4n) is 5.20. The summed E-state index contributed by atoms with van der Waals surface area (Å²) in [6.45, 7) is 2.73. The van der Waals surface area contributed by atoms with Crippen LogP contribution in [-0.4, -0.2) is 41.1 Å². The number of para-hydroxylation sites is 1. The van der Waals surface area contributed by atoms with Crippen molar-refractivity contribution in [2.45, 2.75) is 63.1 Å². The highest BCUT2D eigenvalue weighted by molar-refractivity contribution is 7.89. The fraction of sp³-hybridized carbons (Fsp3) is 0.333. The summed E-state index contributed by atoms with van der Waals surface area (Å²) in [6, 6.07) is 20.6. The van der Waals surface area contributed by atoms with E-state index in [2.05, 4.69) is 11.1 Å². The predicted octanol–water partition coefficient (Wildman–Crippen LogP) is 6.16. The molecule has 1 fully saturated rings. The summed E-state index contributed by atoms with van der Waals surface area (Å²) in [6.07, 6.45) is 6.14. The average molecular weight is 548 g/mol. The number of benzene rings is 2. The van der Waals surface area contributed by atoms with Crippen LogP contribution in [0.3, 0.4) is 0 Å². The van der Waals surface area contributed by atoms with Crippen molar-refractivity contribution in [1.82, 2.24) is 14.2 Å². The van der Waals surface area contributed by atoms with E-state index in [4.69, 9.17) is 0 Å². The van der Waals surface area contributed by atoms with Crippen molar-refractivity contribution in [1.29, 1.82) is 0 Å². The van der Waals surface area contributed by atoms with E-state index in [0.717, 1.165) is 53.5 Å². The van der Waals surface area contributed by atoms with Crippen LogP contribution in [0.1, 0.15) is 48.1 Å². The SMILES string of the molecule is Cc1ccsc1CN(Cc1ccccc1)C(=O)CN(C1CCCCC1)S(=O)(=O)c1cccc2cccnc12. The quantitative estimate of drug-likeness (QED) is 0.252. The maximum atomic E-state index is 14.3. The first-order valence-corrected chi connectivity index (χ1v) is 15.5. The lowest BCUT2D eigenvalue weighted by atomic mass is 9.95. The van der Waals surface area contributed by atoms with E-state index >= 15 is 0 Å². The second-order valence-electron chi connectivity index (χ2n) is 9.94. The number of carbonyl (C=O) groups is 1. The van der Waals surface area contributed by atoms with E-state index in [1.807, 2.05) is 54.8 Å². The van der Waals surface area contributed by atoms with Crippen molar-refractivity contribution >= 4 is 38.2 Å². The van der Waals surface area contributed by atoms with Crippen LogP contribution in [0.15, 0.2) is 83.2 Å². The summed E-state index contributed by atoms with van der Waals surface area (Å²) < 4.78 is 30.0. The van der Waals surface area contributed by atoms with Gasteiger partial charge >= 0.3 is 0 Å². The molecule has 0 aliphatic heterocycles. The van der Waals surface area contributed by atoms with E-state index in [-0.39, 0.29) is 23.4 Å². The monoisotopic (exact) mass is 547 g/mol. The number of pyridine rings is 1. The maximum absolute atomic E-state index is 14.3. The number of nitrogens with zero attached hydrogens (tertiary/aromatic N) is 3. The lowest BCUT2D eigenvalue weighted by Gasteiger charge is -2.34. The molecule has 0 atom stereocenters. The summed E-state index contributed by atoms with van der Waals surface area (Å²) >= 11 is 1.62. The number of hydrogen-bond donors (Lipinski definition) is 0. The first kappa shape index (κ1) is 26.5. The zero-order valence-corrected chi connectivity index (χ0v) is 23.3. The van der Waals surface area contributed by atoms with Crippen molar-refractivity contribution in [3.05, 3.63) is 94.3 Å². The van der Waals surface area contributed by atoms with Crippen LogP contribution in [0.2, 0.25) is 0 Å². The predicted molar refractivity (Wildman–Crippen MR) is 152 cm³/mol. The molecule has 1 saturated carbocycles. The summed E-state index contributed by atoms with van der Waals surface area (Å²) in [4.78, 5) is 21.5. The Morgan fingerprint density at radius 3 is 2.45 bits per heavy atom. The maximum Gasteiger partial charge on any atom is 0.245 e. The Balaban J connectivity index is 1.50. The van der Waals surface area contributed by atoms with Gasteiger partial charge in [-0.2, -0.15) is 4.31 Å². The van der Waals surface area contributed by atoms with E-state index in [0.29, 0.717) is 18.6 Å². The normalized spacial score (nSPS) is 14.7. The molecular formula is C30H33N3O3S2. The third-order valence-corrected chi connectivity index (χ3v) is 10.3. The standard InChI is InChI=1S/C30H33N3O3S2/c1-23-17-19-37-27(23)21-32(20-24-10-4-2-5-11-24)29(34)22-33(26-14-6-3-7-15-26)38(35,36)28-16-8-12-25-13-9-18-31-30(25)28/h2,4-5,8-13,16-19,26H,3,6-7,14-15,20-22H2,1H3. The Morgan fingerprint density at radius 1 is 0.947 bits per heavy atom. The first-order chi connectivity index (χ1) is 18.4. The number of carbonyl (C=O) groups excluding carboxylic acids is 1. The second kappa shape index (κ2) is 11.8. The number of fused-ring (bicyclic) bond motifs is 1. The van der Waals surface area contributed by atoms with Crippen molar-refractivity contribution in [2.24, 2.45) is 0 Å². The molecule has 2 aromatic heterocycles. The first-order valence-electron chi connectivity index (χ1n) is 13.1. The van der Waals surface area contributed by atoms with Gasteiger partial charge in [-0.25, -0.2) is 8.42 Å². The molecule has 2 aromatic carbocycles. The van der Waals surface area contributed by atoms with Gasteiger partial charge in [-0.3, -0.25) is 9.78 Å². The van der Waals surface area contributed by atoms with E-state index in [1.165, 1.54) is 4.31 Å². The van der Waals surface area contributed by atoms with E-state index in [1.54, 1.807) is 40.6 Å². The summed E-state index contributed by atoms with van der Waals surface area (Å²) in [5.74, 6) is -0.191. The number of thiophene rings is 1. The van der Waals surface area contributed by atoms with Crippen molar-refractivity contribution in [3.63, 3.8) is 0 Å². The van der Waals surface area contributed by atoms with Crippen molar-refractivity contribution in [3.8, 4) is 0 Å². The topological polar surface area (TPSA) is 70.6 Å². The van der Waals surface area contributed by atoms with Crippen LogP contribution in [0, 0.1) is 6.92 Å². The van der Waals surface area contributed by atoms with Crippen LogP contribution in [0.5, 0.6) is 0 Å². The zero-order chi connectivity index (χ0) is 26.5. The lowest BCUT2D eigenvalue weighted by molar-refractivity contribution is -0.133. The molecule has 198 valence electrons. The average Bonchev–Trinajstić information content (AvgIpc) is 3.35. The minimum Gasteiger partial charge on any atom is -0.332 e. The van der Waals surface area contributed by atoms with Gasteiger partial charge in [0.1, 0.15) is 4.90 Å². The molecule has 4 aromatic rings. The molecule has 0 N–H and O–H groups in total. The molecule has 38 heavy (non-hydrogen) atoms. The summed E-state index contributed by atoms with van der Waals surface area (Å²) in [7, 11) is -3.97.